The molecule has 0 heterocycles. The van der Waals surface area contributed by atoms with Crippen molar-refractivity contribution in [1.82, 2.24) is 0 Å². The lowest BCUT2D eigenvalue weighted by atomic mass is 10.2. The lowest BCUT2D eigenvalue weighted by Crippen LogP contribution is -2.33. The Morgan fingerprint density at radius 1 is 1.15 bits per heavy atom. The summed E-state index contributed by atoms with van der Waals surface area (Å²) >= 11 is 3.15. The zero-order valence-electron chi connectivity index (χ0n) is 11.6. The van der Waals surface area contributed by atoms with Gasteiger partial charge in [-0.1, -0.05) is 0 Å². The minimum atomic E-state index is -3.85. The summed E-state index contributed by atoms with van der Waals surface area (Å²) in [6.45, 7) is 6.24. The molecule has 3 N–H and O–H groups in total. The van der Waals surface area contributed by atoms with Gasteiger partial charge in [-0.05, 0) is 61.3 Å². The maximum atomic E-state index is 12.1. The molecular formula is C11H17BrN2O4S2. The largest absolute Gasteiger partial charge is 0.282 e. The zero-order valence-corrected chi connectivity index (χ0v) is 14.8. The highest BCUT2D eigenvalue weighted by molar-refractivity contribution is 9.10. The maximum absolute atomic E-state index is 12.1. The fourth-order valence-electron chi connectivity index (χ4n) is 1.35. The van der Waals surface area contributed by atoms with E-state index in [1.54, 1.807) is 27.7 Å². The minimum Gasteiger partial charge on any atom is -0.282 e. The van der Waals surface area contributed by atoms with Crippen molar-refractivity contribution in [3.05, 3.63) is 22.2 Å². The van der Waals surface area contributed by atoms with Gasteiger partial charge in [0.1, 0.15) is 0 Å². The van der Waals surface area contributed by atoms with E-state index in [0.29, 0.717) is 10.0 Å². The van der Waals surface area contributed by atoms with Crippen LogP contribution >= 0.6 is 15.9 Å². The Morgan fingerprint density at radius 2 is 1.65 bits per heavy atom. The molecule has 1 aromatic rings. The van der Waals surface area contributed by atoms with Crippen LogP contribution in [0.5, 0.6) is 0 Å². The molecule has 0 aliphatic heterocycles. The molecule has 0 aliphatic rings. The first-order valence-electron chi connectivity index (χ1n) is 5.61. The van der Waals surface area contributed by atoms with Gasteiger partial charge < -0.3 is 0 Å². The van der Waals surface area contributed by atoms with Gasteiger partial charge in [0.05, 0.1) is 15.3 Å². The predicted octanol–water partition coefficient (Wildman–Crippen LogP) is 1.95. The van der Waals surface area contributed by atoms with Crippen LogP contribution in [0, 0.1) is 6.92 Å². The topological polar surface area (TPSA) is 106 Å². The molecule has 1 rings (SSSR count). The lowest BCUT2D eigenvalue weighted by Gasteiger charge is -2.21. The number of rotatable bonds is 3. The third-order valence-corrected chi connectivity index (χ3v) is 6.43. The van der Waals surface area contributed by atoms with Gasteiger partial charge in [0.2, 0.25) is 20.0 Å². The van der Waals surface area contributed by atoms with Gasteiger partial charge in [-0.15, -0.1) is 0 Å². The van der Waals surface area contributed by atoms with E-state index in [0.717, 1.165) is 0 Å². The van der Waals surface area contributed by atoms with Crippen LogP contribution in [0.1, 0.15) is 26.3 Å². The average molecular weight is 385 g/mol. The van der Waals surface area contributed by atoms with Gasteiger partial charge in [0.15, 0.2) is 0 Å². The van der Waals surface area contributed by atoms with Gasteiger partial charge in [-0.2, -0.15) is 0 Å². The van der Waals surface area contributed by atoms with Crippen LogP contribution in [0.3, 0.4) is 0 Å². The normalized spacial score (nSPS) is 13.3. The number of nitrogens with one attached hydrogen (secondary N) is 1. The predicted molar refractivity (Wildman–Crippen MR) is 82.5 cm³/mol. The number of sulfonamides is 2. The van der Waals surface area contributed by atoms with Crippen LogP contribution in [-0.4, -0.2) is 21.6 Å². The molecule has 0 bridgehead atoms. The van der Waals surface area contributed by atoms with Gasteiger partial charge in [0, 0.05) is 4.47 Å². The molecule has 1 aromatic carbocycles. The van der Waals surface area contributed by atoms with E-state index >= 15 is 0 Å². The Labute approximate surface area is 128 Å². The summed E-state index contributed by atoms with van der Waals surface area (Å²) in [6, 6.07) is 2.71. The number of nitrogens with two attached hydrogens (primary N) is 1. The van der Waals surface area contributed by atoms with Crippen LogP contribution in [0.2, 0.25) is 0 Å². The number of aryl methyl sites for hydroxylation is 1. The second-order valence-electron chi connectivity index (χ2n) is 5.36. The fourth-order valence-corrected chi connectivity index (χ4v) is 3.63. The van der Waals surface area contributed by atoms with E-state index in [1.807, 2.05) is 0 Å². The number of primary sulfonamides is 1. The number of hydrogen-bond donors (Lipinski definition) is 2. The Balaban J connectivity index is 3.36. The van der Waals surface area contributed by atoms with E-state index in [4.69, 9.17) is 5.14 Å². The van der Waals surface area contributed by atoms with Crippen molar-refractivity contribution in [2.75, 3.05) is 4.72 Å². The smallest absolute Gasteiger partial charge is 0.238 e. The van der Waals surface area contributed by atoms with Crippen molar-refractivity contribution in [2.45, 2.75) is 37.3 Å². The Morgan fingerprint density at radius 3 is 2.05 bits per heavy atom. The van der Waals surface area contributed by atoms with Crippen LogP contribution in [0.25, 0.3) is 0 Å². The van der Waals surface area contributed by atoms with Crippen molar-refractivity contribution in [3.63, 3.8) is 0 Å². The Bertz CT molecular complexity index is 734. The van der Waals surface area contributed by atoms with Crippen LogP contribution in [0.4, 0.5) is 5.69 Å². The molecule has 114 valence electrons. The second-order valence-corrected chi connectivity index (χ2v) is 10.2. The van der Waals surface area contributed by atoms with Gasteiger partial charge in [-0.25, -0.2) is 22.0 Å². The summed E-state index contributed by atoms with van der Waals surface area (Å²) < 4.78 is 48.7. The van der Waals surface area contributed by atoms with Gasteiger partial charge in [-0.3, -0.25) is 4.72 Å². The molecule has 6 nitrogen and oxygen atoms in total. The molecule has 0 unspecified atom stereocenters. The molecule has 0 fully saturated rings. The highest BCUT2D eigenvalue weighted by Gasteiger charge is 2.29. The van der Waals surface area contributed by atoms with Crippen LogP contribution in [-0.2, 0) is 20.0 Å². The molecule has 0 radical (unpaired) electrons. The molecular weight excluding hydrogens is 368 g/mol. The average Bonchev–Trinajstić information content (AvgIpc) is 2.19. The molecule has 0 amide bonds. The van der Waals surface area contributed by atoms with Crippen LogP contribution < -0.4 is 9.86 Å². The maximum Gasteiger partial charge on any atom is 0.238 e. The van der Waals surface area contributed by atoms with Crippen molar-refractivity contribution < 1.29 is 16.8 Å². The second kappa shape index (κ2) is 5.28. The zero-order chi connectivity index (χ0) is 15.9. The first-order chi connectivity index (χ1) is 8.75. The van der Waals surface area contributed by atoms with E-state index in [9.17, 15) is 16.8 Å². The molecule has 9 heteroatoms. The number of hydrogen-bond acceptors (Lipinski definition) is 4. The van der Waals surface area contributed by atoms with Crippen molar-refractivity contribution in [3.8, 4) is 0 Å². The third-order valence-electron chi connectivity index (χ3n) is 2.62. The summed E-state index contributed by atoms with van der Waals surface area (Å²) in [4.78, 5) is -0.0527. The van der Waals surface area contributed by atoms with Gasteiger partial charge in [0.25, 0.3) is 0 Å². The summed E-state index contributed by atoms with van der Waals surface area (Å²) in [5, 5.41) is 5.09. The number of halogens is 1. The number of benzene rings is 1. The quantitative estimate of drug-likeness (QED) is 0.829. The van der Waals surface area contributed by atoms with Gasteiger partial charge >= 0.3 is 0 Å². The molecule has 0 aromatic heterocycles. The molecule has 0 aliphatic carbocycles. The van der Waals surface area contributed by atoms with Crippen molar-refractivity contribution in [1.29, 1.82) is 0 Å². The van der Waals surface area contributed by atoms with E-state index in [-0.39, 0.29) is 10.6 Å². The monoisotopic (exact) mass is 384 g/mol. The van der Waals surface area contributed by atoms with E-state index in [2.05, 4.69) is 20.7 Å². The Hall–Kier alpha value is -0.640. The lowest BCUT2D eigenvalue weighted by molar-refractivity contribution is 0.566. The SMILES string of the molecule is Cc1cc(NS(=O)(=O)C(C)(C)C)c(Br)cc1S(N)(=O)=O. The molecule has 0 atom stereocenters. The van der Waals surface area contributed by atoms with E-state index < -0.39 is 24.8 Å². The van der Waals surface area contributed by atoms with Crippen molar-refractivity contribution >= 4 is 41.7 Å². The number of anilines is 1. The summed E-state index contributed by atoms with van der Waals surface area (Å²) in [5.41, 5.74) is 0.632. The third kappa shape index (κ3) is 3.72. The van der Waals surface area contributed by atoms with Crippen LogP contribution in [0.15, 0.2) is 21.5 Å². The standard InChI is InChI=1S/C11H17BrN2O4S2/c1-7-5-9(14-20(17,18)11(2,3)4)8(12)6-10(7)19(13,15)16/h5-6,14H,1-4H3,(H2,13,15,16). The first-order valence-corrected chi connectivity index (χ1v) is 9.43. The highest BCUT2D eigenvalue weighted by Crippen LogP contribution is 2.30. The first kappa shape index (κ1) is 17.4. The Kier molecular flexibility index (Phi) is 4.60. The highest BCUT2D eigenvalue weighted by atomic mass is 79.9. The minimum absolute atomic E-state index is 0.0527. The summed E-state index contributed by atoms with van der Waals surface area (Å²) in [6.07, 6.45) is 0. The fraction of sp³-hybridized carbons (Fsp3) is 0.455. The molecule has 20 heavy (non-hydrogen) atoms. The molecule has 0 saturated heterocycles. The summed E-state index contributed by atoms with van der Waals surface area (Å²) in [5.74, 6) is 0. The van der Waals surface area contributed by atoms with Crippen molar-refractivity contribution in [2.24, 2.45) is 5.14 Å². The molecule has 0 saturated carbocycles. The molecule has 0 spiro atoms. The van der Waals surface area contributed by atoms with E-state index in [1.165, 1.54) is 12.1 Å². The summed E-state index contributed by atoms with van der Waals surface area (Å²) in [7, 11) is -7.45.